The summed E-state index contributed by atoms with van der Waals surface area (Å²) in [5.74, 6) is -1.54. The van der Waals surface area contributed by atoms with E-state index in [1.54, 1.807) is 0 Å². The largest absolute Gasteiger partial charge is 0.391 e. The van der Waals surface area contributed by atoms with Crippen LogP contribution in [0.5, 0.6) is 0 Å². The number of benzene rings is 1. The van der Waals surface area contributed by atoms with Crippen LogP contribution in [0.15, 0.2) is 18.2 Å². The highest BCUT2D eigenvalue weighted by Crippen LogP contribution is 2.13. The number of nitrogens with one attached hydrogen (secondary N) is 3. The van der Waals surface area contributed by atoms with Crippen molar-refractivity contribution in [2.45, 2.75) is 18.6 Å². The topological polar surface area (TPSA) is 73.4 Å². The van der Waals surface area contributed by atoms with Crippen LogP contribution in [0.3, 0.4) is 0 Å². The predicted molar refractivity (Wildman–Crippen MR) is 65.8 cm³/mol. The Morgan fingerprint density at radius 1 is 1.32 bits per heavy atom. The molecule has 1 saturated heterocycles. The average molecular weight is 271 g/mol. The summed E-state index contributed by atoms with van der Waals surface area (Å²) in [7, 11) is 0. The molecule has 0 aliphatic carbocycles. The highest BCUT2D eigenvalue weighted by molar-refractivity contribution is 5.89. The molecule has 5 nitrogen and oxygen atoms in total. The smallest absolute Gasteiger partial charge is 0.319 e. The molecule has 0 aromatic heterocycles. The Hall–Kier alpha value is -1.73. The Kier molecular flexibility index (Phi) is 4.28. The molecule has 1 aromatic rings. The summed E-state index contributed by atoms with van der Waals surface area (Å²) in [5, 5.41) is 17.6. The van der Waals surface area contributed by atoms with Crippen LogP contribution in [0.4, 0.5) is 19.3 Å². The summed E-state index contributed by atoms with van der Waals surface area (Å²) in [6.07, 6.45) is -0.0873. The molecule has 19 heavy (non-hydrogen) atoms. The van der Waals surface area contributed by atoms with Gasteiger partial charge < -0.3 is 21.1 Å². The monoisotopic (exact) mass is 271 g/mol. The van der Waals surface area contributed by atoms with E-state index in [9.17, 15) is 18.7 Å². The van der Waals surface area contributed by atoms with Crippen LogP contribution in [0.2, 0.25) is 0 Å². The van der Waals surface area contributed by atoms with Gasteiger partial charge in [-0.25, -0.2) is 13.6 Å². The molecule has 104 valence electrons. The van der Waals surface area contributed by atoms with Crippen molar-refractivity contribution in [2.24, 2.45) is 0 Å². The van der Waals surface area contributed by atoms with E-state index in [4.69, 9.17) is 0 Å². The first kappa shape index (κ1) is 13.7. The first-order valence-electron chi connectivity index (χ1n) is 5.97. The zero-order valence-electron chi connectivity index (χ0n) is 10.1. The number of halogens is 2. The lowest BCUT2D eigenvalue weighted by molar-refractivity contribution is 0.103. The first-order chi connectivity index (χ1) is 9.04. The fourth-order valence-corrected chi connectivity index (χ4v) is 1.95. The lowest BCUT2D eigenvalue weighted by Gasteiger charge is -2.29. The second kappa shape index (κ2) is 5.94. The standard InChI is InChI=1S/C12H15F2N3O2/c13-7-3-8(14)5-9(4-7)16-12(19)17-10-6-15-2-1-11(10)18/h3-5,10-11,15,18H,1-2,6H2,(H2,16,17,19)/t10-,11-/m1/s1. The average Bonchev–Trinajstić information content (AvgIpc) is 2.30. The molecule has 1 fully saturated rings. The van der Waals surface area contributed by atoms with Crippen LogP contribution >= 0.6 is 0 Å². The fraction of sp³-hybridized carbons (Fsp3) is 0.417. The highest BCUT2D eigenvalue weighted by atomic mass is 19.1. The Bertz CT molecular complexity index is 450. The van der Waals surface area contributed by atoms with Gasteiger partial charge in [0, 0.05) is 18.3 Å². The van der Waals surface area contributed by atoms with Crippen LogP contribution in [-0.4, -0.2) is 36.4 Å². The van der Waals surface area contributed by atoms with Gasteiger partial charge >= 0.3 is 6.03 Å². The molecule has 0 radical (unpaired) electrons. The number of amides is 2. The van der Waals surface area contributed by atoms with Crippen LogP contribution in [0.25, 0.3) is 0 Å². The molecule has 2 atom stereocenters. The second-order valence-electron chi connectivity index (χ2n) is 4.42. The summed E-state index contributed by atoms with van der Waals surface area (Å²) >= 11 is 0. The van der Waals surface area contributed by atoms with Gasteiger partial charge in [-0.2, -0.15) is 0 Å². The van der Waals surface area contributed by atoms with Crippen LogP contribution in [-0.2, 0) is 0 Å². The van der Waals surface area contributed by atoms with Crippen LogP contribution in [0.1, 0.15) is 6.42 Å². The number of piperidine rings is 1. The second-order valence-corrected chi connectivity index (χ2v) is 4.42. The summed E-state index contributed by atoms with van der Waals surface area (Å²) < 4.78 is 25.9. The Labute approximate surface area is 109 Å². The van der Waals surface area contributed by atoms with E-state index in [1.807, 2.05) is 0 Å². The van der Waals surface area contributed by atoms with Crippen molar-refractivity contribution in [1.82, 2.24) is 10.6 Å². The molecule has 1 aromatic carbocycles. The van der Waals surface area contributed by atoms with Crippen molar-refractivity contribution in [2.75, 3.05) is 18.4 Å². The van der Waals surface area contributed by atoms with Crippen molar-refractivity contribution in [3.05, 3.63) is 29.8 Å². The van der Waals surface area contributed by atoms with E-state index in [0.717, 1.165) is 18.2 Å². The maximum atomic E-state index is 12.9. The minimum absolute atomic E-state index is 0.0215. The number of carbonyl (C=O) groups is 1. The number of rotatable bonds is 2. The molecule has 1 heterocycles. The minimum atomic E-state index is -0.769. The quantitative estimate of drug-likeness (QED) is 0.643. The van der Waals surface area contributed by atoms with Gasteiger partial charge in [0.1, 0.15) is 11.6 Å². The maximum absolute atomic E-state index is 12.9. The number of hydrogen-bond donors (Lipinski definition) is 4. The van der Waals surface area contributed by atoms with Gasteiger partial charge in [-0.3, -0.25) is 0 Å². The van der Waals surface area contributed by atoms with E-state index in [2.05, 4.69) is 16.0 Å². The SMILES string of the molecule is O=C(Nc1cc(F)cc(F)c1)N[C@@H]1CNCC[C@H]1O. The molecule has 1 aliphatic heterocycles. The van der Waals surface area contributed by atoms with Gasteiger partial charge in [0.15, 0.2) is 0 Å². The van der Waals surface area contributed by atoms with E-state index in [-0.39, 0.29) is 5.69 Å². The summed E-state index contributed by atoms with van der Waals surface area (Å²) in [6.45, 7) is 1.14. The maximum Gasteiger partial charge on any atom is 0.319 e. The minimum Gasteiger partial charge on any atom is -0.391 e. The zero-order chi connectivity index (χ0) is 13.8. The molecule has 0 bridgehead atoms. The lowest BCUT2D eigenvalue weighted by Crippen LogP contribution is -2.54. The zero-order valence-corrected chi connectivity index (χ0v) is 10.1. The number of aliphatic hydroxyl groups excluding tert-OH is 1. The molecule has 0 saturated carbocycles. The lowest BCUT2D eigenvalue weighted by atomic mass is 10.0. The van der Waals surface area contributed by atoms with Crippen LogP contribution in [0, 0.1) is 11.6 Å². The third-order valence-corrected chi connectivity index (χ3v) is 2.88. The molecule has 2 amide bonds. The van der Waals surface area contributed by atoms with Gasteiger partial charge in [0.25, 0.3) is 0 Å². The van der Waals surface area contributed by atoms with Gasteiger partial charge in [0.2, 0.25) is 0 Å². The van der Waals surface area contributed by atoms with Gasteiger partial charge in [0.05, 0.1) is 12.1 Å². The van der Waals surface area contributed by atoms with Crippen molar-refractivity contribution in [3.8, 4) is 0 Å². The molecule has 2 rings (SSSR count). The number of hydrogen-bond acceptors (Lipinski definition) is 3. The Morgan fingerprint density at radius 3 is 2.63 bits per heavy atom. The van der Waals surface area contributed by atoms with E-state index < -0.39 is 29.8 Å². The molecule has 4 N–H and O–H groups in total. The fourth-order valence-electron chi connectivity index (χ4n) is 1.95. The predicted octanol–water partition coefficient (Wildman–Crippen LogP) is 0.809. The molecular weight excluding hydrogens is 256 g/mol. The number of carbonyl (C=O) groups excluding carboxylic acids is 1. The first-order valence-corrected chi connectivity index (χ1v) is 5.97. The normalized spacial score (nSPS) is 22.9. The summed E-state index contributed by atoms with van der Waals surface area (Å²) in [6, 6.07) is 1.71. The van der Waals surface area contributed by atoms with Crippen LogP contribution < -0.4 is 16.0 Å². The summed E-state index contributed by atoms with van der Waals surface area (Å²) in [4.78, 5) is 11.6. The van der Waals surface area contributed by atoms with Gasteiger partial charge in [-0.05, 0) is 25.1 Å². The molecule has 0 spiro atoms. The number of aliphatic hydroxyl groups is 1. The Balaban J connectivity index is 1.93. The molecule has 0 unspecified atom stereocenters. The van der Waals surface area contributed by atoms with E-state index in [1.165, 1.54) is 0 Å². The third-order valence-electron chi connectivity index (χ3n) is 2.88. The van der Waals surface area contributed by atoms with Gasteiger partial charge in [-0.15, -0.1) is 0 Å². The van der Waals surface area contributed by atoms with Crippen molar-refractivity contribution < 1.29 is 18.7 Å². The summed E-state index contributed by atoms with van der Waals surface area (Å²) in [5.41, 5.74) is 0.0215. The van der Waals surface area contributed by atoms with E-state index in [0.29, 0.717) is 19.5 Å². The van der Waals surface area contributed by atoms with Gasteiger partial charge in [-0.1, -0.05) is 0 Å². The number of anilines is 1. The van der Waals surface area contributed by atoms with Crippen molar-refractivity contribution in [3.63, 3.8) is 0 Å². The molecule has 1 aliphatic rings. The molecular formula is C12H15F2N3O2. The Morgan fingerprint density at radius 2 is 2.00 bits per heavy atom. The molecule has 7 heteroatoms. The number of urea groups is 1. The van der Waals surface area contributed by atoms with Crippen molar-refractivity contribution in [1.29, 1.82) is 0 Å². The van der Waals surface area contributed by atoms with E-state index >= 15 is 0 Å². The highest BCUT2D eigenvalue weighted by Gasteiger charge is 2.24. The van der Waals surface area contributed by atoms with Crippen molar-refractivity contribution >= 4 is 11.7 Å². The third kappa shape index (κ3) is 3.87.